The van der Waals surface area contributed by atoms with Crippen molar-refractivity contribution in [2.45, 2.75) is 33.1 Å². The Morgan fingerprint density at radius 2 is 2.00 bits per heavy atom. The predicted octanol–water partition coefficient (Wildman–Crippen LogP) is 3.55. The van der Waals surface area contributed by atoms with Gasteiger partial charge in [-0.25, -0.2) is 8.78 Å². The van der Waals surface area contributed by atoms with Crippen molar-refractivity contribution in [3.05, 3.63) is 23.8 Å². The summed E-state index contributed by atoms with van der Waals surface area (Å²) in [5.41, 5.74) is 0.757. The molecule has 0 amide bonds. The van der Waals surface area contributed by atoms with Crippen molar-refractivity contribution >= 4 is 0 Å². The Hall–Kier alpha value is -0.660. The van der Waals surface area contributed by atoms with E-state index < -0.39 is 5.92 Å². The minimum absolute atomic E-state index is 0.0556. The third kappa shape index (κ3) is 2.83. The lowest BCUT2D eigenvalue weighted by Gasteiger charge is -2.14. The molecule has 11 heavy (non-hydrogen) atoms. The van der Waals surface area contributed by atoms with E-state index in [4.69, 9.17) is 0 Å². The van der Waals surface area contributed by atoms with Crippen molar-refractivity contribution in [2.24, 2.45) is 0 Å². The quantitative estimate of drug-likeness (QED) is 0.554. The Labute approximate surface area is 66.6 Å². The molecule has 64 valence electrons. The van der Waals surface area contributed by atoms with Crippen molar-refractivity contribution in [1.29, 1.82) is 0 Å². The molecule has 0 saturated carbocycles. The van der Waals surface area contributed by atoms with Gasteiger partial charge in [-0.1, -0.05) is 25.2 Å². The molecule has 0 saturated heterocycles. The van der Waals surface area contributed by atoms with Crippen LogP contribution in [0.3, 0.4) is 0 Å². The van der Waals surface area contributed by atoms with E-state index in [1.807, 2.05) is 6.92 Å². The number of allylic oxidation sites excluding steroid dienone is 3. The Balaban J connectivity index is 4.80. The summed E-state index contributed by atoms with van der Waals surface area (Å²) in [6.45, 7) is 7.81. The first kappa shape index (κ1) is 10.3. The van der Waals surface area contributed by atoms with Gasteiger partial charge in [0.2, 0.25) is 0 Å². The van der Waals surface area contributed by atoms with Crippen LogP contribution in [0.15, 0.2) is 23.8 Å². The number of hydrogen-bond acceptors (Lipinski definition) is 0. The molecule has 0 unspecified atom stereocenters. The molecule has 0 spiro atoms. The summed E-state index contributed by atoms with van der Waals surface area (Å²) in [7, 11) is 0. The third-order valence-electron chi connectivity index (χ3n) is 1.67. The minimum atomic E-state index is -2.75. The molecule has 0 bridgehead atoms. The average molecular weight is 160 g/mol. The van der Waals surface area contributed by atoms with E-state index in [9.17, 15) is 8.78 Å². The maximum atomic E-state index is 12.7. The fourth-order valence-electron chi connectivity index (χ4n) is 0.919. The molecule has 0 aliphatic rings. The van der Waals surface area contributed by atoms with Gasteiger partial charge in [0.15, 0.2) is 0 Å². The molecule has 0 aromatic carbocycles. The Kier molecular flexibility index (Phi) is 3.43. The molecule has 0 aliphatic carbocycles. The first-order valence-electron chi connectivity index (χ1n) is 3.64. The van der Waals surface area contributed by atoms with Gasteiger partial charge >= 0.3 is 0 Å². The molecule has 2 heteroatoms. The van der Waals surface area contributed by atoms with Crippen LogP contribution in [-0.2, 0) is 0 Å². The Morgan fingerprint density at radius 1 is 1.55 bits per heavy atom. The van der Waals surface area contributed by atoms with E-state index in [1.165, 1.54) is 6.08 Å². The van der Waals surface area contributed by atoms with E-state index >= 15 is 0 Å². The van der Waals surface area contributed by atoms with Gasteiger partial charge in [-0.15, -0.1) is 0 Å². The number of alkyl halides is 2. The molecule has 0 aromatic rings. The van der Waals surface area contributed by atoms with Crippen molar-refractivity contribution in [1.82, 2.24) is 0 Å². The van der Waals surface area contributed by atoms with Gasteiger partial charge in [0.05, 0.1) is 0 Å². The smallest absolute Gasteiger partial charge is 0.202 e. The van der Waals surface area contributed by atoms with Crippen LogP contribution in [0, 0.1) is 0 Å². The highest BCUT2D eigenvalue weighted by Crippen LogP contribution is 2.27. The van der Waals surface area contributed by atoms with E-state index in [-0.39, 0.29) is 5.57 Å². The average Bonchev–Trinajstić information content (AvgIpc) is 1.86. The van der Waals surface area contributed by atoms with Gasteiger partial charge in [-0.3, -0.25) is 0 Å². The first-order chi connectivity index (χ1) is 4.93. The summed E-state index contributed by atoms with van der Waals surface area (Å²) in [5, 5.41) is 0. The molecule has 0 aliphatic heterocycles. The maximum absolute atomic E-state index is 12.7. The predicted molar refractivity (Wildman–Crippen MR) is 43.8 cm³/mol. The lowest BCUT2D eigenvalue weighted by atomic mass is 10.0. The highest BCUT2D eigenvalue weighted by molar-refractivity contribution is 5.28. The fraction of sp³-hybridized carbons (Fsp3) is 0.556. The molecule has 0 N–H and O–H groups in total. The van der Waals surface area contributed by atoms with Gasteiger partial charge in [-0.2, -0.15) is 0 Å². The van der Waals surface area contributed by atoms with Crippen LogP contribution in [0.1, 0.15) is 27.2 Å². The van der Waals surface area contributed by atoms with E-state index in [2.05, 4.69) is 6.58 Å². The second-order valence-corrected chi connectivity index (χ2v) is 2.64. The molecular formula is C9H14F2. The number of rotatable bonds is 3. The molecule has 0 rings (SSSR count). The van der Waals surface area contributed by atoms with Gasteiger partial charge in [0, 0.05) is 12.5 Å². The summed E-state index contributed by atoms with van der Waals surface area (Å²) >= 11 is 0. The van der Waals surface area contributed by atoms with Crippen molar-refractivity contribution in [2.75, 3.05) is 0 Å². The molecule has 0 radical (unpaired) electrons. The van der Waals surface area contributed by atoms with Crippen LogP contribution < -0.4 is 0 Å². The summed E-state index contributed by atoms with van der Waals surface area (Å²) in [6, 6.07) is 0. The lowest BCUT2D eigenvalue weighted by Crippen LogP contribution is -2.13. The van der Waals surface area contributed by atoms with Crippen LogP contribution >= 0.6 is 0 Å². The standard InChI is InChI=1S/C9H14F2/c1-5-7(3)8(6-2)9(4,10)11/h6H,2,5H2,1,3-4H3/b8-7+. The third-order valence-corrected chi connectivity index (χ3v) is 1.67. The Bertz CT molecular complexity index is 172. The van der Waals surface area contributed by atoms with Crippen molar-refractivity contribution in [3.63, 3.8) is 0 Å². The van der Waals surface area contributed by atoms with Crippen LogP contribution in [0.4, 0.5) is 8.78 Å². The second-order valence-electron chi connectivity index (χ2n) is 2.64. The molecular weight excluding hydrogens is 146 g/mol. The largest absolute Gasteiger partial charge is 0.270 e. The number of halogens is 2. The molecule has 0 fully saturated rings. The maximum Gasteiger partial charge on any atom is 0.270 e. The van der Waals surface area contributed by atoms with Crippen LogP contribution in [-0.4, -0.2) is 5.92 Å². The summed E-state index contributed by atoms with van der Waals surface area (Å²) < 4.78 is 25.4. The van der Waals surface area contributed by atoms with E-state index in [0.29, 0.717) is 12.0 Å². The van der Waals surface area contributed by atoms with Crippen molar-refractivity contribution < 1.29 is 8.78 Å². The zero-order valence-electron chi connectivity index (χ0n) is 7.25. The first-order valence-corrected chi connectivity index (χ1v) is 3.64. The molecule has 0 aromatic heterocycles. The summed E-state index contributed by atoms with van der Waals surface area (Å²) in [4.78, 5) is 0. The molecule has 0 nitrogen and oxygen atoms in total. The van der Waals surface area contributed by atoms with E-state index in [1.54, 1.807) is 6.92 Å². The van der Waals surface area contributed by atoms with E-state index in [0.717, 1.165) is 6.92 Å². The van der Waals surface area contributed by atoms with Crippen molar-refractivity contribution in [3.8, 4) is 0 Å². The van der Waals surface area contributed by atoms with Crippen LogP contribution in [0.25, 0.3) is 0 Å². The SMILES string of the molecule is C=C/C(=C(/C)CC)C(C)(F)F. The van der Waals surface area contributed by atoms with Gasteiger partial charge < -0.3 is 0 Å². The normalized spacial score (nSPS) is 14.3. The van der Waals surface area contributed by atoms with Gasteiger partial charge in [-0.05, 0) is 13.3 Å². The molecule has 0 heterocycles. The Morgan fingerprint density at radius 3 is 2.09 bits per heavy atom. The topological polar surface area (TPSA) is 0 Å². The lowest BCUT2D eigenvalue weighted by molar-refractivity contribution is 0.0662. The van der Waals surface area contributed by atoms with Crippen LogP contribution in [0.2, 0.25) is 0 Å². The van der Waals surface area contributed by atoms with Gasteiger partial charge in [0.25, 0.3) is 5.92 Å². The highest BCUT2D eigenvalue weighted by atomic mass is 19.3. The number of hydrogen-bond donors (Lipinski definition) is 0. The zero-order chi connectivity index (χ0) is 9.07. The second kappa shape index (κ2) is 3.65. The highest BCUT2D eigenvalue weighted by Gasteiger charge is 2.26. The monoisotopic (exact) mass is 160 g/mol. The van der Waals surface area contributed by atoms with Crippen LogP contribution in [0.5, 0.6) is 0 Å². The zero-order valence-corrected chi connectivity index (χ0v) is 7.25. The summed E-state index contributed by atoms with van der Waals surface area (Å²) in [5.74, 6) is -2.75. The van der Waals surface area contributed by atoms with Gasteiger partial charge in [0.1, 0.15) is 0 Å². The fourth-order valence-corrected chi connectivity index (χ4v) is 0.919. The minimum Gasteiger partial charge on any atom is -0.202 e. The molecule has 0 atom stereocenters. The summed E-state index contributed by atoms with van der Waals surface area (Å²) in [6.07, 6.45) is 1.88.